The Morgan fingerprint density at radius 3 is 2.59 bits per heavy atom. The Morgan fingerprint density at radius 1 is 1.09 bits per heavy atom. The SMILES string of the molecule is O=C(NCn1nnc2ccccc21)C(c1cccnc1)N(C(=O)CCl)c1ccc(F)cc1. The Hall–Kier alpha value is -3.85. The minimum Gasteiger partial charge on any atom is -0.335 e. The van der Waals surface area contributed by atoms with Gasteiger partial charge < -0.3 is 5.32 Å². The number of hydrogen-bond acceptors (Lipinski definition) is 5. The fourth-order valence-corrected chi connectivity index (χ4v) is 3.47. The summed E-state index contributed by atoms with van der Waals surface area (Å²) in [4.78, 5) is 31.5. The summed E-state index contributed by atoms with van der Waals surface area (Å²) >= 11 is 5.85. The van der Waals surface area contributed by atoms with Gasteiger partial charge in [-0.1, -0.05) is 23.4 Å². The molecule has 2 amide bonds. The first-order valence-electron chi connectivity index (χ1n) is 9.68. The zero-order valence-corrected chi connectivity index (χ0v) is 17.5. The van der Waals surface area contributed by atoms with Crippen molar-refractivity contribution in [3.63, 3.8) is 0 Å². The number of halogens is 2. The Labute approximate surface area is 187 Å². The van der Waals surface area contributed by atoms with Crippen LogP contribution in [0.2, 0.25) is 0 Å². The summed E-state index contributed by atoms with van der Waals surface area (Å²) in [6.45, 7) is 0.0302. The number of hydrogen-bond donors (Lipinski definition) is 1. The molecule has 0 aliphatic rings. The molecular formula is C22H18ClFN6O2. The molecule has 8 nitrogen and oxygen atoms in total. The van der Waals surface area contributed by atoms with E-state index in [0.29, 0.717) is 16.8 Å². The molecule has 0 bridgehead atoms. The van der Waals surface area contributed by atoms with Crippen LogP contribution in [0.25, 0.3) is 11.0 Å². The van der Waals surface area contributed by atoms with Gasteiger partial charge in [0.15, 0.2) is 0 Å². The number of nitrogens with zero attached hydrogens (tertiary/aromatic N) is 5. The minimum atomic E-state index is -1.09. The van der Waals surface area contributed by atoms with E-state index in [1.54, 1.807) is 23.0 Å². The number of amides is 2. The second-order valence-corrected chi connectivity index (χ2v) is 7.11. The van der Waals surface area contributed by atoms with Gasteiger partial charge in [-0.05, 0) is 42.5 Å². The molecule has 162 valence electrons. The number of pyridine rings is 1. The average Bonchev–Trinajstić information content (AvgIpc) is 3.25. The summed E-state index contributed by atoms with van der Waals surface area (Å²) < 4.78 is 15.0. The Balaban J connectivity index is 1.68. The van der Waals surface area contributed by atoms with Gasteiger partial charge in [-0.3, -0.25) is 19.5 Å². The normalized spacial score (nSPS) is 11.8. The number of fused-ring (bicyclic) bond motifs is 1. The fourth-order valence-electron chi connectivity index (χ4n) is 3.34. The van der Waals surface area contributed by atoms with Crippen molar-refractivity contribution in [2.45, 2.75) is 12.7 Å². The van der Waals surface area contributed by atoms with E-state index in [-0.39, 0.29) is 12.5 Å². The van der Waals surface area contributed by atoms with Crippen LogP contribution < -0.4 is 10.2 Å². The third-order valence-electron chi connectivity index (χ3n) is 4.82. The third kappa shape index (κ3) is 4.42. The lowest BCUT2D eigenvalue weighted by molar-refractivity contribution is -0.126. The first-order valence-corrected chi connectivity index (χ1v) is 10.2. The second kappa shape index (κ2) is 9.52. The molecule has 1 atom stereocenters. The van der Waals surface area contributed by atoms with E-state index in [1.807, 2.05) is 24.3 Å². The van der Waals surface area contributed by atoms with Gasteiger partial charge in [-0.15, -0.1) is 16.7 Å². The molecule has 2 aromatic heterocycles. The number of rotatable bonds is 7. The van der Waals surface area contributed by atoms with E-state index in [1.165, 1.54) is 35.4 Å². The van der Waals surface area contributed by atoms with E-state index in [2.05, 4.69) is 20.6 Å². The minimum absolute atomic E-state index is 0.0302. The van der Waals surface area contributed by atoms with Gasteiger partial charge in [-0.25, -0.2) is 9.07 Å². The number of aromatic nitrogens is 4. The highest BCUT2D eigenvalue weighted by Gasteiger charge is 2.32. The number of alkyl halides is 1. The van der Waals surface area contributed by atoms with Crippen LogP contribution in [-0.4, -0.2) is 37.7 Å². The molecule has 32 heavy (non-hydrogen) atoms. The summed E-state index contributed by atoms with van der Waals surface area (Å²) in [7, 11) is 0. The van der Waals surface area contributed by atoms with Crippen molar-refractivity contribution in [3.8, 4) is 0 Å². The van der Waals surface area contributed by atoms with Crippen molar-refractivity contribution < 1.29 is 14.0 Å². The van der Waals surface area contributed by atoms with Gasteiger partial charge in [0.2, 0.25) is 11.8 Å². The van der Waals surface area contributed by atoms with Crippen molar-refractivity contribution in [1.29, 1.82) is 0 Å². The molecule has 0 aliphatic carbocycles. The number of para-hydroxylation sites is 1. The van der Waals surface area contributed by atoms with Crippen molar-refractivity contribution in [2.75, 3.05) is 10.8 Å². The molecule has 0 saturated carbocycles. The van der Waals surface area contributed by atoms with E-state index < -0.39 is 23.7 Å². The highest BCUT2D eigenvalue weighted by Crippen LogP contribution is 2.28. The van der Waals surface area contributed by atoms with Gasteiger partial charge in [-0.2, -0.15) is 0 Å². The molecular weight excluding hydrogens is 435 g/mol. The highest BCUT2D eigenvalue weighted by atomic mass is 35.5. The molecule has 1 unspecified atom stereocenters. The first-order chi connectivity index (χ1) is 15.6. The molecule has 4 aromatic rings. The van der Waals surface area contributed by atoms with E-state index in [4.69, 9.17) is 11.6 Å². The number of anilines is 1. The lowest BCUT2D eigenvalue weighted by Gasteiger charge is -2.30. The maximum Gasteiger partial charge on any atom is 0.249 e. The van der Waals surface area contributed by atoms with Crippen LogP contribution in [0.5, 0.6) is 0 Å². The van der Waals surface area contributed by atoms with Gasteiger partial charge in [0.05, 0.1) is 5.52 Å². The average molecular weight is 453 g/mol. The lowest BCUT2D eigenvalue weighted by Crippen LogP contribution is -2.45. The first kappa shape index (κ1) is 21.4. The highest BCUT2D eigenvalue weighted by molar-refractivity contribution is 6.29. The number of carbonyl (C=O) groups excluding carboxylic acids is 2. The molecule has 2 heterocycles. The van der Waals surface area contributed by atoms with E-state index in [9.17, 15) is 14.0 Å². The van der Waals surface area contributed by atoms with Crippen LogP contribution in [0.1, 0.15) is 11.6 Å². The van der Waals surface area contributed by atoms with Crippen LogP contribution >= 0.6 is 11.6 Å². The summed E-state index contributed by atoms with van der Waals surface area (Å²) in [6.07, 6.45) is 3.05. The monoisotopic (exact) mass is 452 g/mol. The predicted molar refractivity (Wildman–Crippen MR) is 117 cm³/mol. The molecule has 2 aromatic carbocycles. The standard InChI is InChI=1S/C22H18ClFN6O2/c23-12-20(31)30(17-9-7-16(24)8-10-17)21(15-4-3-11-25-13-15)22(32)26-14-29-19-6-2-1-5-18(19)27-28-29/h1-11,13,21H,12,14H2,(H,26,32). The topological polar surface area (TPSA) is 93.0 Å². The zero-order valence-electron chi connectivity index (χ0n) is 16.7. The quantitative estimate of drug-likeness (QED) is 0.435. The van der Waals surface area contributed by atoms with Gasteiger partial charge in [0.1, 0.15) is 29.9 Å². The maximum atomic E-state index is 13.5. The Kier molecular flexibility index (Phi) is 6.37. The molecule has 1 N–H and O–H groups in total. The molecule has 0 saturated heterocycles. The summed E-state index contributed by atoms with van der Waals surface area (Å²) in [5.74, 6) is -1.84. The second-order valence-electron chi connectivity index (χ2n) is 6.84. The molecule has 0 fully saturated rings. The molecule has 4 rings (SSSR count). The largest absolute Gasteiger partial charge is 0.335 e. The third-order valence-corrected chi connectivity index (χ3v) is 5.05. The molecule has 0 aliphatic heterocycles. The van der Waals surface area contributed by atoms with Crippen molar-refractivity contribution >= 4 is 40.1 Å². The number of carbonyl (C=O) groups is 2. The van der Waals surface area contributed by atoms with Gasteiger partial charge in [0.25, 0.3) is 0 Å². The Morgan fingerprint density at radius 2 is 1.88 bits per heavy atom. The van der Waals surface area contributed by atoms with Crippen molar-refractivity contribution in [3.05, 3.63) is 84.4 Å². The van der Waals surface area contributed by atoms with Crippen molar-refractivity contribution in [2.24, 2.45) is 0 Å². The molecule has 0 spiro atoms. The number of benzene rings is 2. The van der Waals surface area contributed by atoms with Gasteiger partial charge >= 0.3 is 0 Å². The van der Waals surface area contributed by atoms with Crippen LogP contribution in [-0.2, 0) is 16.3 Å². The van der Waals surface area contributed by atoms with Crippen LogP contribution in [0.4, 0.5) is 10.1 Å². The lowest BCUT2D eigenvalue weighted by atomic mass is 10.1. The summed E-state index contributed by atoms with van der Waals surface area (Å²) in [5.41, 5.74) is 2.23. The predicted octanol–water partition coefficient (Wildman–Crippen LogP) is 3.05. The summed E-state index contributed by atoms with van der Waals surface area (Å²) in [6, 6.07) is 14.9. The molecule has 10 heteroatoms. The molecule has 0 radical (unpaired) electrons. The number of nitrogens with one attached hydrogen (secondary N) is 1. The smallest absolute Gasteiger partial charge is 0.249 e. The zero-order chi connectivity index (χ0) is 22.5. The maximum absolute atomic E-state index is 13.5. The van der Waals surface area contributed by atoms with E-state index >= 15 is 0 Å². The van der Waals surface area contributed by atoms with Crippen LogP contribution in [0.15, 0.2) is 73.1 Å². The Bertz CT molecular complexity index is 1230. The van der Waals surface area contributed by atoms with Crippen molar-refractivity contribution in [1.82, 2.24) is 25.3 Å². The summed E-state index contributed by atoms with van der Waals surface area (Å²) in [5, 5.41) is 10.9. The van der Waals surface area contributed by atoms with E-state index in [0.717, 1.165) is 5.52 Å². The van der Waals surface area contributed by atoms with Crippen LogP contribution in [0.3, 0.4) is 0 Å². The van der Waals surface area contributed by atoms with Gasteiger partial charge in [0, 0.05) is 23.6 Å². The fraction of sp³-hybridized carbons (Fsp3) is 0.136. The van der Waals surface area contributed by atoms with Crippen LogP contribution in [0, 0.1) is 5.82 Å².